The van der Waals surface area contributed by atoms with E-state index in [1.54, 1.807) is 24.1 Å². The largest absolute Gasteiger partial charge is 0.497 e. The fourth-order valence-corrected chi connectivity index (χ4v) is 2.73. The van der Waals surface area contributed by atoms with Gasteiger partial charge in [-0.25, -0.2) is 0 Å². The number of methoxy groups -OCH3 is 1. The molecule has 0 bridgehead atoms. The number of ether oxygens (including phenoxy) is 1. The number of hydrogen-bond acceptors (Lipinski definition) is 3. The summed E-state index contributed by atoms with van der Waals surface area (Å²) >= 11 is 0. The molecule has 1 aliphatic heterocycles. The first-order valence-corrected chi connectivity index (χ1v) is 6.74. The topological polar surface area (TPSA) is 66.8 Å². The van der Waals surface area contributed by atoms with Crippen molar-refractivity contribution in [2.45, 2.75) is 25.8 Å². The van der Waals surface area contributed by atoms with E-state index in [0.717, 1.165) is 12.0 Å². The molecule has 0 aromatic heterocycles. The molecule has 108 valence electrons. The van der Waals surface area contributed by atoms with Crippen LogP contribution in [0.4, 0.5) is 0 Å². The van der Waals surface area contributed by atoms with Crippen LogP contribution in [0.3, 0.4) is 0 Å². The zero-order valence-electron chi connectivity index (χ0n) is 11.7. The van der Waals surface area contributed by atoms with Gasteiger partial charge in [0.2, 0.25) is 5.91 Å². The minimum atomic E-state index is -0.919. The van der Waals surface area contributed by atoms with E-state index in [4.69, 9.17) is 4.74 Å². The van der Waals surface area contributed by atoms with Gasteiger partial charge in [0, 0.05) is 13.0 Å². The van der Waals surface area contributed by atoms with Gasteiger partial charge in [0.05, 0.1) is 19.1 Å². The molecule has 0 aliphatic carbocycles. The molecule has 1 N–H and O–H groups in total. The van der Waals surface area contributed by atoms with Gasteiger partial charge in [0.15, 0.2) is 0 Å². The fourth-order valence-electron chi connectivity index (χ4n) is 2.73. The highest BCUT2D eigenvalue weighted by Gasteiger charge is 2.44. The van der Waals surface area contributed by atoms with Crippen molar-refractivity contribution in [3.63, 3.8) is 0 Å². The van der Waals surface area contributed by atoms with Crippen LogP contribution in [0.25, 0.3) is 0 Å². The molecule has 1 aliphatic rings. The number of rotatable bonds is 5. The highest BCUT2D eigenvalue weighted by Crippen LogP contribution is 2.38. The molecule has 0 saturated carbocycles. The summed E-state index contributed by atoms with van der Waals surface area (Å²) in [6.45, 7) is 2.56. The molecule has 0 radical (unpaired) electrons. The van der Waals surface area contributed by atoms with Gasteiger partial charge in [-0.3, -0.25) is 9.59 Å². The van der Waals surface area contributed by atoms with Crippen molar-refractivity contribution in [1.29, 1.82) is 0 Å². The van der Waals surface area contributed by atoms with Crippen molar-refractivity contribution < 1.29 is 19.4 Å². The summed E-state index contributed by atoms with van der Waals surface area (Å²) in [5.41, 5.74) is 0.845. The molecule has 0 spiro atoms. The average molecular weight is 277 g/mol. The van der Waals surface area contributed by atoms with E-state index in [1.807, 2.05) is 19.1 Å². The summed E-state index contributed by atoms with van der Waals surface area (Å²) in [6.07, 6.45) is 0.886. The molecule has 1 aromatic rings. The predicted molar refractivity (Wildman–Crippen MR) is 73.5 cm³/mol. The van der Waals surface area contributed by atoms with Crippen LogP contribution in [0, 0.1) is 5.92 Å². The molecule has 5 nitrogen and oxygen atoms in total. The second kappa shape index (κ2) is 5.94. The van der Waals surface area contributed by atoms with Gasteiger partial charge in [-0.2, -0.15) is 0 Å². The predicted octanol–water partition coefficient (Wildman–Crippen LogP) is 2.08. The Kier molecular flexibility index (Phi) is 4.27. The normalized spacial score (nSPS) is 22.1. The van der Waals surface area contributed by atoms with Gasteiger partial charge < -0.3 is 14.7 Å². The molecule has 1 heterocycles. The lowest BCUT2D eigenvalue weighted by Gasteiger charge is -2.27. The lowest BCUT2D eigenvalue weighted by Crippen LogP contribution is -2.31. The van der Waals surface area contributed by atoms with E-state index >= 15 is 0 Å². The molecular formula is C15H19NO4. The van der Waals surface area contributed by atoms with Gasteiger partial charge in [0.25, 0.3) is 0 Å². The monoisotopic (exact) mass is 277 g/mol. The second-order valence-corrected chi connectivity index (χ2v) is 4.95. The van der Waals surface area contributed by atoms with Crippen molar-refractivity contribution in [3.05, 3.63) is 29.8 Å². The van der Waals surface area contributed by atoms with E-state index in [1.165, 1.54) is 0 Å². The summed E-state index contributed by atoms with van der Waals surface area (Å²) in [6, 6.07) is 6.87. The summed E-state index contributed by atoms with van der Waals surface area (Å²) in [7, 11) is 1.58. The maximum absolute atomic E-state index is 12.0. The number of nitrogens with zero attached hydrogens (tertiary/aromatic N) is 1. The third-order valence-electron chi connectivity index (χ3n) is 3.67. The number of carboxylic acid groups (broad SMARTS) is 1. The summed E-state index contributed by atoms with van der Waals surface area (Å²) < 4.78 is 5.10. The summed E-state index contributed by atoms with van der Waals surface area (Å²) in [5.74, 6) is -0.965. The van der Waals surface area contributed by atoms with Crippen LogP contribution in [0.15, 0.2) is 24.3 Å². The molecule has 2 rings (SSSR count). The molecule has 20 heavy (non-hydrogen) atoms. The van der Waals surface area contributed by atoms with Gasteiger partial charge >= 0.3 is 5.97 Å². The number of amides is 1. The number of carboxylic acids is 1. The van der Waals surface area contributed by atoms with Crippen LogP contribution < -0.4 is 4.74 Å². The minimum Gasteiger partial charge on any atom is -0.497 e. The molecule has 0 unspecified atom stereocenters. The number of likely N-dealkylation sites (tertiary alicyclic amines) is 1. The van der Waals surface area contributed by atoms with Crippen LogP contribution in [0.2, 0.25) is 0 Å². The second-order valence-electron chi connectivity index (χ2n) is 4.95. The highest BCUT2D eigenvalue weighted by atomic mass is 16.5. The zero-order valence-corrected chi connectivity index (χ0v) is 11.7. The molecule has 1 fully saturated rings. The van der Waals surface area contributed by atoms with Crippen LogP contribution in [-0.2, 0) is 9.59 Å². The zero-order chi connectivity index (χ0) is 14.7. The molecule has 1 aromatic carbocycles. The maximum atomic E-state index is 12.0. The van der Waals surface area contributed by atoms with Crippen molar-refractivity contribution in [1.82, 2.24) is 4.90 Å². The quantitative estimate of drug-likeness (QED) is 0.894. The molecule has 1 saturated heterocycles. The number of benzene rings is 1. The fraction of sp³-hybridized carbons (Fsp3) is 0.467. The Balaban J connectivity index is 2.35. The average Bonchev–Trinajstić information content (AvgIpc) is 2.77. The van der Waals surface area contributed by atoms with E-state index in [-0.39, 0.29) is 18.4 Å². The van der Waals surface area contributed by atoms with E-state index in [2.05, 4.69) is 0 Å². The Morgan fingerprint density at radius 2 is 2.05 bits per heavy atom. The first-order chi connectivity index (χ1) is 9.58. The number of aliphatic carboxylic acids is 1. The number of carbonyl (C=O) groups is 2. The Morgan fingerprint density at radius 3 is 2.55 bits per heavy atom. The van der Waals surface area contributed by atoms with Crippen molar-refractivity contribution >= 4 is 11.9 Å². The van der Waals surface area contributed by atoms with Gasteiger partial charge in [-0.15, -0.1) is 0 Å². The number of hydrogen-bond donors (Lipinski definition) is 1. The van der Waals surface area contributed by atoms with Crippen molar-refractivity contribution in [2.75, 3.05) is 13.7 Å². The van der Waals surface area contributed by atoms with E-state index < -0.39 is 11.9 Å². The minimum absolute atomic E-state index is 0.0754. The Morgan fingerprint density at radius 1 is 1.40 bits per heavy atom. The van der Waals surface area contributed by atoms with E-state index in [9.17, 15) is 14.7 Å². The summed E-state index contributed by atoms with van der Waals surface area (Å²) in [4.78, 5) is 25.1. The lowest BCUT2D eigenvalue weighted by atomic mass is 9.93. The standard InChI is InChI=1S/C15H19NO4/c1-3-8-16-13(17)9-12(15(18)19)14(16)10-4-6-11(20-2)7-5-10/h4-7,12,14H,3,8-9H2,1-2H3,(H,18,19)/t12-,14-/m1/s1. The van der Waals surface area contributed by atoms with Crippen molar-refractivity contribution in [2.24, 2.45) is 5.92 Å². The van der Waals surface area contributed by atoms with E-state index in [0.29, 0.717) is 12.3 Å². The third-order valence-corrected chi connectivity index (χ3v) is 3.67. The SMILES string of the molecule is CCCN1C(=O)C[C@@H](C(=O)O)[C@H]1c1ccc(OC)cc1. The lowest BCUT2D eigenvalue weighted by molar-refractivity contribution is -0.142. The van der Waals surface area contributed by atoms with Crippen LogP contribution >= 0.6 is 0 Å². The maximum Gasteiger partial charge on any atom is 0.309 e. The van der Waals surface area contributed by atoms with Crippen LogP contribution in [0.5, 0.6) is 5.75 Å². The Bertz CT molecular complexity index is 497. The third kappa shape index (κ3) is 2.61. The van der Waals surface area contributed by atoms with Crippen molar-refractivity contribution in [3.8, 4) is 5.75 Å². The molecule has 2 atom stereocenters. The molecule has 5 heteroatoms. The highest BCUT2D eigenvalue weighted by molar-refractivity contribution is 5.87. The number of carbonyl (C=O) groups excluding carboxylic acids is 1. The summed E-state index contributed by atoms with van der Waals surface area (Å²) in [5, 5.41) is 9.35. The first kappa shape index (κ1) is 14.4. The van der Waals surface area contributed by atoms with Gasteiger partial charge in [-0.1, -0.05) is 19.1 Å². The van der Waals surface area contributed by atoms with Gasteiger partial charge in [-0.05, 0) is 24.1 Å². The van der Waals surface area contributed by atoms with Crippen LogP contribution in [0.1, 0.15) is 31.4 Å². The Hall–Kier alpha value is -2.04. The molecular weight excluding hydrogens is 258 g/mol. The van der Waals surface area contributed by atoms with Gasteiger partial charge in [0.1, 0.15) is 5.75 Å². The first-order valence-electron chi connectivity index (χ1n) is 6.74. The molecule has 1 amide bonds. The van der Waals surface area contributed by atoms with Crippen LogP contribution in [-0.4, -0.2) is 35.5 Å². The Labute approximate surface area is 118 Å². The smallest absolute Gasteiger partial charge is 0.309 e.